The van der Waals surface area contributed by atoms with Gasteiger partial charge in [0.25, 0.3) is 0 Å². The van der Waals surface area contributed by atoms with Crippen molar-refractivity contribution in [3.8, 4) is 0 Å². The van der Waals surface area contributed by atoms with Crippen molar-refractivity contribution in [1.82, 2.24) is 19.7 Å². The van der Waals surface area contributed by atoms with Crippen molar-refractivity contribution >= 4 is 33.0 Å². The van der Waals surface area contributed by atoms with Crippen molar-refractivity contribution in [2.75, 3.05) is 0 Å². The SMILES string of the molecule is Cn1cnnc1S(=O)(=O)Cc1ncc(Cl)cc1Cl. The minimum Gasteiger partial charge on any atom is -0.308 e. The average Bonchev–Trinajstić information content (AvgIpc) is 2.69. The molecule has 0 saturated carbocycles. The number of sulfone groups is 1. The lowest BCUT2D eigenvalue weighted by atomic mass is 10.4. The third kappa shape index (κ3) is 2.63. The maximum atomic E-state index is 12.1. The summed E-state index contributed by atoms with van der Waals surface area (Å²) in [6.07, 6.45) is 2.65. The van der Waals surface area contributed by atoms with Crippen molar-refractivity contribution < 1.29 is 8.42 Å². The Balaban J connectivity index is 2.37. The van der Waals surface area contributed by atoms with E-state index in [-0.39, 0.29) is 21.6 Å². The number of halogens is 2. The van der Waals surface area contributed by atoms with E-state index in [0.29, 0.717) is 5.02 Å². The lowest BCUT2D eigenvalue weighted by Crippen LogP contribution is -2.12. The van der Waals surface area contributed by atoms with E-state index in [1.165, 1.54) is 23.2 Å². The fourth-order valence-corrected chi connectivity index (χ4v) is 3.25. The second-order valence-electron chi connectivity index (χ2n) is 3.57. The highest BCUT2D eigenvalue weighted by molar-refractivity contribution is 7.90. The predicted octanol–water partition coefficient (Wildman–Crippen LogP) is 1.49. The van der Waals surface area contributed by atoms with E-state index in [4.69, 9.17) is 23.2 Å². The number of hydrogen-bond donors (Lipinski definition) is 0. The summed E-state index contributed by atoms with van der Waals surface area (Å²) >= 11 is 11.6. The van der Waals surface area contributed by atoms with Crippen LogP contribution >= 0.6 is 23.2 Å². The Labute approximate surface area is 113 Å². The average molecular weight is 307 g/mol. The van der Waals surface area contributed by atoms with E-state index in [2.05, 4.69) is 15.2 Å². The molecule has 2 aromatic rings. The quantitative estimate of drug-likeness (QED) is 0.858. The second-order valence-corrected chi connectivity index (χ2v) is 6.29. The van der Waals surface area contributed by atoms with E-state index in [1.807, 2.05) is 0 Å². The third-order valence-electron chi connectivity index (χ3n) is 2.16. The van der Waals surface area contributed by atoms with Gasteiger partial charge in [0, 0.05) is 13.2 Å². The van der Waals surface area contributed by atoms with Gasteiger partial charge in [-0.25, -0.2) is 8.42 Å². The Hall–Kier alpha value is -1.18. The number of hydrogen-bond acceptors (Lipinski definition) is 5. The highest BCUT2D eigenvalue weighted by Crippen LogP contribution is 2.22. The number of aryl methyl sites for hydroxylation is 1. The van der Waals surface area contributed by atoms with Crippen LogP contribution in [0.15, 0.2) is 23.7 Å². The van der Waals surface area contributed by atoms with Gasteiger partial charge in [-0.3, -0.25) is 4.98 Å². The number of rotatable bonds is 3. The Morgan fingerprint density at radius 3 is 2.67 bits per heavy atom. The van der Waals surface area contributed by atoms with Crippen molar-refractivity contribution in [2.45, 2.75) is 10.9 Å². The lowest BCUT2D eigenvalue weighted by Gasteiger charge is -2.04. The first kappa shape index (κ1) is 13.3. The molecule has 0 spiro atoms. The van der Waals surface area contributed by atoms with Gasteiger partial charge >= 0.3 is 0 Å². The summed E-state index contributed by atoms with van der Waals surface area (Å²) in [6.45, 7) is 0. The Morgan fingerprint density at radius 2 is 2.11 bits per heavy atom. The van der Waals surface area contributed by atoms with Gasteiger partial charge in [-0.05, 0) is 6.07 Å². The molecule has 0 aliphatic heterocycles. The van der Waals surface area contributed by atoms with Crippen LogP contribution in [0, 0.1) is 0 Å². The van der Waals surface area contributed by atoms with Crippen LogP contribution in [0.2, 0.25) is 10.0 Å². The Bertz CT molecular complexity index is 684. The van der Waals surface area contributed by atoms with Gasteiger partial charge in [0.2, 0.25) is 15.0 Å². The molecule has 6 nitrogen and oxygen atoms in total. The predicted molar refractivity (Wildman–Crippen MR) is 66.1 cm³/mol. The van der Waals surface area contributed by atoms with E-state index in [9.17, 15) is 8.42 Å². The van der Waals surface area contributed by atoms with Crippen molar-refractivity contribution in [2.24, 2.45) is 7.05 Å². The molecule has 0 saturated heterocycles. The fourth-order valence-electron chi connectivity index (χ4n) is 1.35. The summed E-state index contributed by atoms with van der Waals surface area (Å²) in [5.41, 5.74) is 0.226. The molecule has 2 aromatic heterocycles. The summed E-state index contributed by atoms with van der Waals surface area (Å²) in [5.74, 6) is -0.352. The largest absolute Gasteiger partial charge is 0.308 e. The summed E-state index contributed by atoms with van der Waals surface area (Å²) in [4.78, 5) is 3.90. The van der Waals surface area contributed by atoms with E-state index >= 15 is 0 Å². The molecule has 0 N–H and O–H groups in total. The number of nitrogens with zero attached hydrogens (tertiary/aromatic N) is 4. The highest BCUT2D eigenvalue weighted by atomic mass is 35.5. The van der Waals surface area contributed by atoms with Gasteiger partial charge in [0.15, 0.2) is 0 Å². The maximum absolute atomic E-state index is 12.1. The standard InChI is InChI=1S/C9H8Cl2N4O2S/c1-15-5-13-14-9(15)18(16,17)4-8-7(11)2-6(10)3-12-8/h2-3,5H,4H2,1H3. The topological polar surface area (TPSA) is 77.7 Å². The zero-order valence-electron chi connectivity index (χ0n) is 9.21. The summed E-state index contributed by atoms with van der Waals surface area (Å²) in [5, 5.41) is 7.50. The Morgan fingerprint density at radius 1 is 1.39 bits per heavy atom. The first-order valence-electron chi connectivity index (χ1n) is 4.77. The van der Waals surface area contributed by atoms with Gasteiger partial charge in [0.1, 0.15) is 12.1 Å². The second kappa shape index (κ2) is 4.83. The van der Waals surface area contributed by atoms with Crippen LogP contribution in [0.1, 0.15) is 5.69 Å². The fraction of sp³-hybridized carbons (Fsp3) is 0.222. The molecule has 2 rings (SSSR count). The molecule has 0 aliphatic carbocycles. The summed E-state index contributed by atoms with van der Waals surface area (Å²) < 4.78 is 25.5. The zero-order valence-corrected chi connectivity index (χ0v) is 11.5. The van der Waals surface area contributed by atoms with Crippen LogP contribution in [-0.2, 0) is 22.6 Å². The molecule has 96 valence electrons. The molecule has 0 amide bonds. The summed E-state index contributed by atoms with van der Waals surface area (Å²) in [6, 6.07) is 1.44. The first-order valence-corrected chi connectivity index (χ1v) is 7.17. The maximum Gasteiger partial charge on any atom is 0.249 e. The molecule has 0 atom stereocenters. The molecular weight excluding hydrogens is 299 g/mol. The van der Waals surface area contributed by atoms with Crippen LogP contribution in [0.5, 0.6) is 0 Å². The minimum absolute atomic E-state index is 0.129. The van der Waals surface area contributed by atoms with Crippen molar-refractivity contribution in [3.63, 3.8) is 0 Å². The van der Waals surface area contributed by atoms with Crippen molar-refractivity contribution in [3.05, 3.63) is 34.3 Å². The smallest absolute Gasteiger partial charge is 0.249 e. The molecule has 0 bridgehead atoms. The molecule has 0 aliphatic rings. The lowest BCUT2D eigenvalue weighted by molar-refractivity contribution is 0.577. The van der Waals surface area contributed by atoms with Crippen LogP contribution in [0.25, 0.3) is 0 Å². The monoisotopic (exact) mass is 306 g/mol. The van der Waals surface area contributed by atoms with Crippen LogP contribution in [0.3, 0.4) is 0 Å². The van der Waals surface area contributed by atoms with Gasteiger partial charge in [0.05, 0.1) is 15.7 Å². The normalized spacial score (nSPS) is 11.7. The molecule has 0 fully saturated rings. The van der Waals surface area contributed by atoms with Gasteiger partial charge in [-0.2, -0.15) is 0 Å². The minimum atomic E-state index is -3.64. The van der Waals surface area contributed by atoms with Gasteiger partial charge in [-0.15, -0.1) is 10.2 Å². The third-order valence-corrected chi connectivity index (χ3v) is 4.27. The van der Waals surface area contributed by atoms with Crippen LogP contribution in [0.4, 0.5) is 0 Å². The molecular formula is C9H8Cl2N4O2S. The van der Waals surface area contributed by atoms with Crippen molar-refractivity contribution in [1.29, 1.82) is 0 Å². The van der Waals surface area contributed by atoms with Gasteiger partial charge in [-0.1, -0.05) is 23.2 Å². The van der Waals surface area contributed by atoms with Crippen LogP contribution in [-0.4, -0.2) is 28.2 Å². The molecule has 2 heterocycles. The van der Waals surface area contributed by atoms with E-state index in [0.717, 1.165) is 0 Å². The van der Waals surface area contributed by atoms with E-state index < -0.39 is 9.84 Å². The number of pyridine rings is 1. The summed E-state index contributed by atoms with van der Waals surface area (Å²) in [7, 11) is -2.09. The van der Waals surface area contributed by atoms with Gasteiger partial charge < -0.3 is 4.57 Å². The molecule has 0 unspecified atom stereocenters. The van der Waals surface area contributed by atoms with Crippen LogP contribution < -0.4 is 0 Å². The zero-order chi connectivity index (χ0) is 13.3. The number of aromatic nitrogens is 4. The molecule has 18 heavy (non-hydrogen) atoms. The Kier molecular flexibility index (Phi) is 3.56. The molecule has 0 radical (unpaired) electrons. The molecule has 9 heteroatoms. The molecule has 0 aromatic carbocycles. The first-order chi connectivity index (χ1) is 8.40. The van der Waals surface area contributed by atoms with E-state index in [1.54, 1.807) is 7.05 Å². The highest BCUT2D eigenvalue weighted by Gasteiger charge is 2.23.